The average Bonchev–Trinajstić information content (AvgIpc) is 3.09. The van der Waals surface area contributed by atoms with Crippen molar-refractivity contribution < 1.29 is 32.6 Å². The quantitative estimate of drug-likeness (QED) is 0.601. The highest BCUT2D eigenvalue weighted by Crippen LogP contribution is 2.38. The predicted octanol–water partition coefficient (Wildman–Crippen LogP) is 5.10. The average molecular weight is 421 g/mol. The van der Waals surface area contributed by atoms with E-state index in [9.17, 15) is 27.9 Å². The Kier molecular flexibility index (Phi) is 5.60. The van der Waals surface area contributed by atoms with Gasteiger partial charge in [0.05, 0.1) is 12.7 Å². The topological polar surface area (TPSA) is 75.6 Å². The molecule has 0 saturated carbocycles. The fourth-order valence-electron chi connectivity index (χ4n) is 2.74. The molecule has 0 aliphatic carbocycles. The number of hydrogen-bond acceptors (Lipinski definition) is 4. The molecule has 3 aromatic rings. The van der Waals surface area contributed by atoms with Crippen molar-refractivity contribution in [1.82, 2.24) is 0 Å². The SMILES string of the molecule is COc1ccc(F)cc1C(=O)Nc1scc(-c2ccc(C)c(F)c2F)c1C(=O)O. The number of aromatic carboxylic acids is 1. The molecule has 1 aromatic heterocycles. The van der Waals surface area contributed by atoms with Gasteiger partial charge in [0.2, 0.25) is 0 Å². The number of benzene rings is 2. The Morgan fingerprint density at radius 3 is 2.45 bits per heavy atom. The summed E-state index contributed by atoms with van der Waals surface area (Å²) in [6, 6.07) is 5.90. The highest BCUT2D eigenvalue weighted by atomic mass is 32.1. The van der Waals surface area contributed by atoms with E-state index in [4.69, 9.17) is 4.74 Å². The number of carboxylic acid groups (broad SMARTS) is 1. The fraction of sp³-hybridized carbons (Fsp3) is 0.100. The summed E-state index contributed by atoms with van der Waals surface area (Å²) in [7, 11) is 1.30. The molecule has 29 heavy (non-hydrogen) atoms. The summed E-state index contributed by atoms with van der Waals surface area (Å²) in [6.07, 6.45) is 0. The number of nitrogens with one attached hydrogen (secondary N) is 1. The molecule has 0 spiro atoms. The van der Waals surface area contributed by atoms with Crippen molar-refractivity contribution in [3.8, 4) is 16.9 Å². The van der Waals surface area contributed by atoms with Gasteiger partial charge in [-0.25, -0.2) is 18.0 Å². The molecule has 0 bridgehead atoms. The van der Waals surface area contributed by atoms with Gasteiger partial charge >= 0.3 is 5.97 Å². The van der Waals surface area contributed by atoms with Crippen molar-refractivity contribution in [2.75, 3.05) is 12.4 Å². The number of aryl methyl sites for hydroxylation is 1. The molecule has 0 fully saturated rings. The van der Waals surface area contributed by atoms with E-state index in [1.807, 2.05) is 0 Å². The van der Waals surface area contributed by atoms with Crippen LogP contribution in [0.1, 0.15) is 26.3 Å². The molecule has 3 rings (SSSR count). The van der Waals surface area contributed by atoms with Crippen LogP contribution in [0.3, 0.4) is 0 Å². The van der Waals surface area contributed by atoms with Crippen LogP contribution in [0.4, 0.5) is 18.2 Å². The maximum atomic E-state index is 14.4. The number of thiophene rings is 1. The molecule has 5 nitrogen and oxygen atoms in total. The van der Waals surface area contributed by atoms with Gasteiger partial charge in [0.15, 0.2) is 11.6 Å². The van der Waals surface area contributed by atoms with E-state index in [2.05, 4.69) is 5.32 Å². The molecule has 0 aliphatic rings. The van der Waals surface area contributed by atoms with Gasteiger partial charge in [-0.05, 0) is 30.7 Å². The van der Waals surface area contributed by atoms with Crippen molar-refractivity contribution >= 4 is 28.2 Å². The number of rotatable bonds is 5. The van der Waals surface area contributed by atoms with Gasteiger partial charge in [0.25, 0.3) is 5.91 Å². The Morgan fingerprint density at radius 2 is 1.79 bits per heavy atom. The van der Waals surface area contributed by atoms with Gasteiger partial charge in [0.1, 0.15) is 22.1 Å². The molecule has 9 heteroatoms. The van der Waals surface area contributed by atoms with E-state index in [0.29, 0.717) is 0 Å². The van der Waals surface area contributed by atoms with Crippen molar-refractivity contribution in [1.29, 1.82) is 0 Å². The molecule has 150 valence electrons. The third-order valence-corrected chi connectivity index (χ3v) is 5.10. The Hall–Kier alpha value is -3.33. The highest BCUT2D eigenvalue weighted by Gasteiger charge is 2.25. The highest BCUT2D eigenvalue weighted by molar-refractivity contribution is 7.15. The third kappa shape index (κ3) is 3.81. The number of carbonyl (C=O) groups is 2. The van der Waals surface area contributed by atoms with Gasteiger partial charge in [-0.2, -0.15) is 0 Å². The molecule has 1 amide bonds. The fourth-order valence-corrected chi connectivity index (χ4v) is 3.69. The Labute approximate surface area is 167 Å². The zero-order valence-electron chi connectivity index (χ0n) is 15.2. The van der Waals surface area contributed by atoms with E-state index >= 15 is 0 Å². The van der Waals surface area contributed by atoms with Gasteiger partial charge in [-0.3, -0.25) is 4.79 Å². The van der Waals surface area contributed by atoms with Crippen LogP contribution in [0.25, 0.3) is 11.1 Å². The predicted molar refractivity (Wildman–Crippen MR) is 102 cm³/mol. The summed E-state index contributed by atoms with van der Waals surface area (Å²) in [4.78, 5) is 24.3. The molecular weight excluding hydrogens is 407 g/mol. The van der Waals surface area contributed by atoms with Crippen LogP contribution < -0.4 is 10.1 Å². The van der Waals surface area contributed by atoms with Crippen LogP contribution in [0.2, 0.25) is 0 Å². The van der Waals surface area contributed by atoms with E-state index < -0.39 is 34.9 Å². The molecule has 0 aliphatic heterocycles. The monoisotopic (exact) mass is 421 g/mol. The zero-order chi connectivity index (χ0) is 21.3. The number of ether oxygens (including phenoxy) is 1. The maximum Gasteiger partial charge on any atom is 0.339 e. The number of methoxy groups -OCH3 is 1. The summed E-state index contributed by atoms with van der Waals surface area (Å²) in [5.74, 6) is -5.12. The van der Waals surface area contributed by atoms with Gasteiger partial charge in [-0.15, -0.1) is 11.3 Å². The first kappa shape index (κ1) is 20.4. The Bertz CT molecular complexity index is 1130. The first-order valence-corrected chi connectivity index (χ1v) is 9.07. The van der Waals surface area contributed by atoms with Crippen LogP contribution >= 0.6 is 11.3 Å². The van der Waals surface area contributed by atoms with Gasteiger partial charge in [-0.1, -0.05) is 12.1 Å². The van der Waals surface area contributed by atoms with E-state index in [-0.39, 0.29) is 33.0 Å². The largest absolute Gasteiger partial charge is 0.496 e. The smallest absolute Gasteiger partial charge is 0.339 e. The van der Waals surface area contributed by atoms with Gasteiger partial charge in [0, 0.05) is 16.5 Å². The lowest BCUT2D eigenvalue weighted by atomic mass is 10.0. The normalized spacial score (nSPS) is 10.7. The number of hydrogen-bond donors (Lipinski definition) is 2. The van der Waals surface area contributed by atoms with Crippen LogP contribution in [0.5, 0.6) is 5.75 Å². The van der Waals surface area contributed by atoms with Crippen LogP contribution in [-0.4, -0.2) is 24.1 Å². The summed E-state index contributed by atoms with van der Waals surface area (Å²) < 4.78 is 46.8. The second-order valence-corrected chi connectivity index (χ2v) is 6.90. The lowest BCUT2D eigenvalue weighted by molar-refractivity contribution is 0.0699. The minimum Gasteiger partial charge on any atom is -0.496 e. The molecule has 2 N–H and O–H groups in total. The zero-order valence-corrected chi connectivity index (χ0v) is 16.0. The van der Waals surface area contributed by atoms with E-state index in [0.717, 1.165) is 23.5 Å². The van der Waals surface area contributed by atoms with Crippen LogP contribution in [0, 0.1) is 24.4 Å². The van der Waals surface area contributed by atoms with E-state index in [1.54, 1.807) is 0 Å². The number of carbonyl (C=O) groups excluding carboxylic acids is 1. The molecule has 0 saturated heterocycles. The Morgan fingerprint density at radius 1 is 1.07 bits per heavy atom. The van der Waals surface area contributed by atoms with Crippen molar-refractivity contribution in [2.24, 2.45) is 0 Å². The van der Waals surface area contributed by atoms with Crippen molar-refractivity contribution in [3.63, 3.8) is 0 Å². The lowest BCUT2D eigenvalue weighted by Gasteiger charge is -2.10. The number of carboxylic acids is 1. The third-order valence-electron chi connectivity index (χ3n) is 4.20. The van der Waals surface area contributed by atoms with Crippen LogP contribution in [0.15, 0.2) is 35.7 Å². The van der Waals surface area contributed by atoms with Crippen molar-refractivity contribution in [2.45, 2.75) is 6.92 Å². The second-order valence-electron chi connectivity index (χ2n) is 6.02. The molecule has 0 atom stereocenters. The lowest BCUT2D eigenvalue weighted by Crippen LogP contribution is -2.15. The number of amides is 1. The first-order chi connectivity index (χ1) is 13.7. The Balaban J connectivity index is 2.05. The maximum absolute atomic E-state index is 14.4. The minimum absolute atomic E-state index is 0.0741. The van der Waals surface area contributed by atoms with Gasteiger partial charge < -0.3 is 15.2 Å². The molecule has 2 aromatic carbocycles. The van der Waals surface area contributed by atoms with Crippen LogP contribution in [-0.2, 0) is 0 Å². The molecule has 1 heterocycles. The van der Waals surface area contributed by atoms with E-state index in [1.165, 1.54) is 37.6 Å². The summed E-state index contributed by atoms with van der Waals surface area (Å²) in [6.45, 7) is 1.38. The number of anilines is 1. The first-order valence-electron chi connectivity index (χ1n) is 8.19. The standard InChI is InChI=1S/C20H14F3NO4S/c1-9-3-5-11(17(23)16(9)22)13-8-29-19(15(13)20(26)27)24-18(25)12-7-10(21)4-6-14(12)28-2/h3-8H,1-2H3,(H,24,25)(H,26,27). The second kappa shape index (κ2) is 7.96. The minimum atomic E-state index is -1.44. The number of halogens is 3. The molecule has 0 radical (unpaired) electrons. The molecule has 0 unspecified atom stereocenters. The van der Waals surface area contributed by atoms with Crippen molar-refractivity contribution in [3.05, 3.63) is 69.9 Å². The molecular formula is C20H14F3NO4S. The summed E-state index contributed by atoms with van der Waals surface area (Å²) >= 11 is 0.822. The summed E-state index contributed by atoms with van der Waals surface area (Å²) in [5.41, 5.74) is -0.803. The summed E-state index contributed by atoms with van der Waals surface area (Å²) in [5, 5.41) is 13.2.